The summed E-state index contributed by atoms with van der Waals surface area (Å²) in [6.45, 7) is 2.26. The molecule has 7 heteroatoms. The molecule has 0 aromatic heterocycles. The number of anilines is 1. The second kappa shape index (κ2) is 8.50. The first-order valence-corrected chi connectivity index (χ1v) is 8.63. The lowest BCUT2D eigenvalue weighted by atomic mass is 9.86. The summed E-state index contributed by atoms with van der Waals surface area (Å²) in [7, 11) is 0. The van der Waals surface area contributed by atoms with Gasteiger partial charge < -0.3 is 10.6 Å². The van der Waals surface area contributed by atoms with E-state index in [-0.39, 0.29) is 0 Å². The molecule has 1 saturated carbocycles. The molecule has 4 nitrogen and oxygen atoms in total. The summed E-state index contributed by atoms with van der Waals surface area (Å²) in [5, 5.41) is 8.10. The van der Waals surface area contributed by atoms with Crippen molar-refractivity contribution >= 4 is 51.9 Å². The number of rotatable bonds is 2. The topological polar surface area (TPSA) is 48.1 Å². The van der Waals surface area contributed by atoms with Crippen molar-refractivity contribution in [3.8, 4) is 0 Å². The Labute approximate surface area is 147 Å². The van der Waals surface area contributed by atoms with E-state index in [1.165, 1.54) is 19.3 Å². The Bertz CT molecular complexity index is 521. The third-order valence-electron chi connectivity index (χ3n) is 3.82. The Morgan fingerprint density at radius 3 is 2.36 bits per heavy atom. The molecule has 0 unspecified atom stereocenters. The maximum absolute atomic E-state index is 5.84. The Morgan fingerprint density at radius 1 is 1.05 bits per heavy atom. The number of hydrogen-bond acceptors (Lipinski definition) is 2. The maximum Gasteiger partial charge on any atom is 0.189 e. The molecule has 1 aliphatic rings. The third-order valence-corrected chi connectivity index (χ3v) is 4.50. The van der Waals surface area contributed by atoms with Crippen molar-refractivity contribution in [2.45, 2.75) is 38.6 Å². The van der Waals surface area contributed by atoms with Gasteiger partial charge in [0.05, 0.1) is 0 Å². The molecule has 22 heavy (non-hydrogen) atoms. The largest absolute Gasteiger partial charge is 0.358 e. The predicted molar refractivity (Wildman–Crippen MR) is 101 cm³/mol. The van der Waals surface area contributed by atoms with Crippen LogP contribution in [0.2, 0.25) is 5.02 Å². The van der Waals surface area contributed by atoms with Crippen LogP contribution in [0.1, 0.15) is 32.6 Å². The van der Waals surface area contributed by atoms with Crippen LogP contribution in [0.5, 0.6) is 0 Å². The van der Waals surface area contributed by atoms with Crippen LogP contribution in [-0.4, -0.2) is 16.3 Å². The van der Waals surface area contributed by atoms with Crippen LogP contribution in [0.25, 0.3) is 0 Å². The van der Waals surface area contributed by atoms with Gasteiger partial charge >= 0.3 is 0 Å². The van der Waals surface area contributed by atoms with E-state index >= 15 is 0 Å². The molecule has 1 aliphatic carbocycles. The normalized spacial score (nSPS) is 20.8. The summed E-state index contributed by atoms with van der Waals surface area (Å²) >= 11 is 16.3. The van der Waals surface area contributed by atoms with Gasteiger partial charge in [0, 0.05) is 16.8 Å². The van der Waals surface area contributed by atoms with Crippen molar-refractivity contribution in [1.29, 1.82) is 0 Å². The SMILES string of the molecule is C[C@@H]1CCCC[C@@H]1NC(=S)NNC(=S)Nc1ccc(Cl)cc1. The predicted octanol–water partition coefficient (Wildman–Crippen LogP) is 3.58. The Morgan fingerprint density at radius 2 is 1.68 bits per heavy atom. The molecule has 0 spiro atoms. The van der Waals surface area contributed by atoms with Gasteiger partial charge in [-0.1, -0.05) is 31.4 Å². The minimum Gasteiger partial charge on any atom is -0.358 e. The average molecular weight is 357 g/mol. The van der Waals surface area contributed by atoms with Gasteiger partial charge in [-0.2, -0.15) is 0 Å². The fraction of sp³-hybridized carbons (Fsp3) is 0.467. The molecule has 2 atom stereocenters. The lowest BCUT2D eigenvalue weighted by Gasteiger charge is -2.30. The molecule has 0 bridgehead atoms. The van der Waals surface area contributed by atoms with Crippen molar-refractivity contribution in [2.75, 3.05) is 5.32 Å². The van der Waals surface area contributed by atoms with Crippen molar-refractivity contribution in [1.82, 2.24) is 16.2 Å². The molecule has 0 saturated heterocycles. The van der Waals surface area contributed by atoms with Gasteiger partial charge in [-0.25, -0.2) is 0 Å². The summed E-state index contributed by atoms with van der Waals surface area (Å²) in [4.78, 5) is 0. The van der Waals surface area contributed by atoms with Gasteiger partial charge in [0.1, 0.15) is 0 Å². The molecule has 1 aromatic rings. The molecule has 0 radical (unpaired) electrons. The van der Waals surface area contributed by atoms with Crippen LogP contribution in [-0.2, 0) is 0 Å². The van der Waals surface area contributed by atoms with Crippen LogP contribution in [0.4, 0.5) is 5.69 Å². The molecule has 4 N–H and O–H groups in total. The highest BCUT2D eigenvalue weighted by molar-refractivity contribution is 7.80. The van der Waals surface area contributed by atoms with E-state index in [0.717, 1.165) is 12.1 Å². The first-order valence-electron chi connectivity index (χ1n) is 7.43. The van der Waals surface area contributed by atoms with Crippen LogP contribution in [0, 0.1) is 5.92 Å². The van der Waals surface area contributed by atoms with E-state index in [1.807, 2.05) is 12.1 Å². The van der Waals surface area contributed by atoms with Crippen molar-refractivity contribution < 1.29 is 0 Å². The number of nitrogens with one attached hydrogen (secondary N) is 4. The molecule has 1 fully saturated rings. The zero-order valence-corrected chi connectivity index (χ0v) is 14.9. The van der Waals surface area contributed by atoms with Crippen LogP contribution in [0.3, 0.4) is 0 Å². The molecule has 0 amide bonds. The van der Waals surface area contributed by atoms with Crippen molar-refractivity contribution in [2.24, 2.45) is 5.92 Å². The molecule has 0 heterocycles. The van der Waals surface area contributed by atoms with E-state index in [9.17, 15) is 0 Å². The average Bonchev–Trinajstić information content (AvgIpc) is 2.50. The first-order chi connectivity index (χ1) is 10.5. The van der Waals surface area contributed by atoms with E-state index < -0.39 is 0 Å². The van der Waals surface area contributed by atoms with E-state index in [4.69, 9.17) is 36.0 Å². The minimum atomic E-state index is 0.438. The van der Waals surface area contributed by atoms with Gasteiger partial charge in [-0.05, 0) is 67.5 Å². The summed E-state index contributed by atoms with van der Waals surface area (Å²) in [5.74, 6) is 0.646. The number of halogens is 1. The summed E-state index contributed by atoms with van der Waals surface area (Å²) in [6.07, 6.45) is 4.99. The molecule has 120 valence electrons. The zero-order chi connectivity index (χ0) is 15.9. The molecular formula is C15H21ClN4S2. The Balaban J connectivity index is 1.71. The van der Waals surface area contributed by atoms with Crippen LogP contribution >= 0.6 is 36.0 Å². The fourth-order valence-electron chi connectivity index (χ4n) is 2.54. The molecular weight excluding hydrogens is 336 g/mol. The first kappa shape index (κ1) is 17.2. The van der Waals surface area contributed by atoms with Crippen molar-refractivity contribution in [3.05, 3.63) is 29.3 Å². The van der Waals surface area contributed by atoms with E-state index in [1.54, 1.807) is 12.1 Å². The molecule has 2 rings (SSSR count). The molecule has 1 aromatic carbocycles. The van der Waals surface area contributed by atoms with Crippen LogP contribution < -0.4 is 21.5 Å². The Kier molecular flexibility index (Phi) is 6.67. The minimum absolute atomic E-state index is 0.438. The smallest absolute Gasteiger partial charge is 0.189 e. The van der Waals surface area contributed by atoms with Gasteiger partial charge in [-0.15, -0.1) is 0 Å². The van der Waals surface area contributed by atoms with Crippen LogP contribution in [0.15, 0.2) is 24.3 Å². The van der Waals surface area contributed by atoms with Gasteiger partial charge in [-0.3, -0.25) is 10.9 Å². The lowest BCUT2D eigenvalue weighted by molar-refractivity contribution is 0.308. The molecule has 0 aliphatic heterocycles. The van der Waals surface area contributed by atoms with Gasteiger partial charge in [0.15, 0.2) is 10.2 Å². The van der Waals surface area contributed by atoms with Gasteiger partial charge in [0.25, 0.3) is 0 Å². The monoisotopic (exact) mass is 356 g/mol. The number of thiocarbonyl (C=S) groups is 2. The summed E-state index contributed by atoms with van der Waals surface area (Å²) < 4.78 is 0. The number of hydrogen-bond donors (Lipinski definition) is 4. The zero-order valence-electron chi connectivity index (χ0n) is 12.5. The maximum atomic E-state index is 5.84. The highest BCUT2D eigenvalue weighted by Gasteiger charge is 2.21. The number of hydrazine groups is 1. The van der Waals surface area contributed by atoms with Crippen molar-refractivity contribution in [3.63, 3.8) is 0 Å². The van der Waals surface area contributed by atoms with E-state index in [2.05, 4.69) is 28.4 Å². The summed E-state index contributed by atoms with van der Waals surface area (Å²) in [6, 6.07) is 7.76. The highest BCUT2D eigenvalue weighted by Crippen LogP contribution is 2.23. The van der Waals surface area contributed by atoms with E-state index in [0.29, 0.717) is 27.2 Å². The number of benzene rings is 1. The second-order valence-electron chi connectivity index (χ2n) is 5.55. The third kappa shape index (κ3) is 5.59. The quantitative estimate of drug-likeness (QED) is 0.480. The Hall–Kier alpha value is -1.11. The highest BCUT2D eigenvalue weighted by atomic mass is 35.5. The lowest BCUT2D eigenvalue weighted by Crippen LogP contribution is -2.52. The summed E-state index contributed by atoms with van der Waals surface area (Å²) in [5.41, 5.74) is 6.67. The second-order valence-corrected chi connectivity index (χ2v) is 6.81. The van der Waals surface area contributed by atoms with Gasteiger partial charge in [0.2, 0.25) is 0 Å². The fourth-order valence-corrected chi connectivity index (χ4v) is 3.04. The standard InChI is InChI=1S/C15H21ClN4S2/c1-10-4-2-3-5-13(10)18-15(22)20-19-14(21)17-12-8-6-11(16)7-9-12/h6-10,13H,2-5H2,1H3,(H2,17,19,21)(H2,18,20,22)/t10-,13+/m1/s1.